The van der Waals surface area contributed by atoms with Gasteiger partial charge in [-0.3, -0.25) is 19.4 Å². The van der Waals surface area contributed by atoms with E-state index in [1.54, 1.807) is 6.20 Å². The maximum absolute atomic E-state index is 14.0. The van der Waals surface area contributed by atoms with Crippen LogP contribution in [0.2, 0.25) is 0 Å². The lowest BCUT2D eigenvalue weighted by Gasteiger charge is -2.29. The minimum Gasteiger partial charge on any atom is -0.445 e. The molecule has 1 heterocycles. The summed E-state index contributed by atoms with van der Waals surface area (Å²) in [6.45, 7) is 10.6. The van der Waals surface area contributed by atoms with Crippen LogP contribution in [-0.4, -0.2) is 64.7 Å². The molecule has 0 saturated heterocycles. The molecule has 3 unspecified atom stereocenters. The molecular weight excluding hydrogens is 634 g/mol. The first-order chi connectivity index (χ1) is 24.0. The summed E-state index contributed by atoms with van der Waals surface area (Å²) in [6.07, 6.45) is 2.91. The van der Waals surface area contributed by atoms with Crippen molar-refractivity contribution in [2.45, 2.75) is 110 Å². The molecule has 11 nitrogen and oxygen atoms in total. The van der Waals surface area contributed by atoms with Crippen molar-refractivity contribution in [2.75, 3.05) is 6.54 Å². The first-order valence-electron chi connectivity index (χ1n) is 17.9. The van der Waals surface area contributed by atoms with Gasteiger partial charge >= 0.3 is 6.09 Å². The van der Waals surface area contributed by atoms with Gasteiger partial charge in [0.2, 0.25) is 17.7 Å². The summed E-state index contributed by atoms with van der Waals surface area (Å²) in [5.41, 5.74) is 2.34. The third kappa shape index (κ3) is 13.4. The number of nitrogens with one attached hydrogen (secondary N) is 4. The highest BCUT2D eigenvalue weighted by Crippen LogP contribution is 2.19. The van der Waals surface area contributed by atoms with Gasteiger partial charge in [0.25, 0.3) is 0 Å². The molecular formula is C39H55N5O6. The number of rotatable bonds is 20. The van der Waals surface area contributed by atoms with Crippen LogP contribution in [-0.2, 0) is 32.1 Å². The Morgan fingerprint density at radius 3 is 2.30 bits per heavy atom. The second-order valence-corrected chi connectivity index (χ2v) is 13.5. The van der Waals surface area contributed by atoms with Crippen molar-refractivity contribution in [2.24, 2.45) is 11.8 Å². The lowest BCUT2D eigenvalue weighted by molar-refractivity contribution is -0.131. The smallest absolute Gasteiger partial charge is 0.408 e. The molecule has 0 fully saturated rings. The van der Waals surface area contributed by atoms with Gasteiger partial charge in [0, 0.05) is 24.5 Å². The molecule has 0 aliphatic rings. The van der Waals surface area contributed by atoms with E-state index in [1.807, 2.05) is 95.3 Å². The van der Waals surface area contributed by atoms with Crippen LogP contribution in [0, 0.1) is 11.8 Å². The van der Waals surface area contributed by atoms with Crippen molar-refractivity contribution in [1.82, 2.24) is 26.3 Å². The second-order valence-electron chi connectivity index (χ2n) is 13.5. The van der Waals surface area contributed by atoms with Crippen LogP contribution in [0.3, 0.4) is 0 Å². The number of pyridine rings is 1. The fourth-order valence-electron chi connectivity index (χ4n) is 5.57. The van der Waals surface area contributed by atoms with E-state index in [0.717, 1.165) is 34.9 Å². The fourth-order valence-corrected chi connectivity index (χ4v) is 5.57. The Bertz CT molecular complexity index is 1510. The summed E-state index contributed by atoms with van der Waals surface area (Å²) in [5.74, 6) is -0.868. The Morgan fingerprint density at radius 2 is 1.60 bits per heavy atom. The number of fused-ring (bicyclic) bond motifs is 1. The van der Waals surface area contributed by atoms with Gasteiger partial charge in [0.05, 0.1) is 24.1 Å². The van der Waals surface area contributed by atoms with Crippen LogP contribution in [0.4, 0.5) is 4.79 Å². The molecule has 5 N–H and O–H groups in total. The number of amides is 4. The lowest BCUT2D eigenvalue weighted by atomic mass is 9.96. The third-order valence-corrected chi connectivity index (χ3v) is 8.72. The predicted molar refractivity (Wildman–Crippen MR) is 195 cm³/mol. The zero-order valence-corrected chi connectivity index (χ0v) is 30.1. The summed E-state index contributed by atoms with van der Waals surface area (Å²) in [6, 6.07) is 15.8. The molecule has 0 saturated carbocycles. The number of ether oxygens (including phenoxy) is 1. The second kappa shape index (κ2) is 20.9. The minimum atomic E-state index is -1.12. The summed E-state index contributed by atoms with van der Waals surface area (Å²) < 4.78 is 5.45. The largest absolute Gasteiger partial charge is 0.445 e. The first-order valence-corrected chi connectivity index (χ1v) is 17.9. The SMILES string of the molecule is CCCC[C@H](NC(=O)[C@H](Cc1cccc2ncccc12)NC(=O)OCc1ccccc1)C(=O)NC(CC(C)C)C(O)CC(=O)NCC(C)CC. The molecule has 1 aromatic heterocycles. The van der Waals surface area contributed by atoms with Crippen molar-refractivity contribution in [1.29, 1.82) is 0 Å². The van der Waals surface area contributed by atoms with E-state index < -0.39 is 42.1 Å². The summed E-state index contributed by atoms with van der Waals surface area (Å²) in [7, 11) is 0. The molecule has 11 heteroatoms. The molecule has 5 atom stereocenters. The van der Waals surface area contributed by atoms with Gasteiger partial charge in [0.1, 0.15) is 18.7 Å². The van der Waals surface area contributed by atoms with E-state index in [1.165, 1.54) is 0 Å². The van der Waals surface area contributed by atoms with E-state index >= 15 is 0 Å². The van der Waals surface area contributed by atoms with Gasteiger partial charge in [-0.1, -0.05) is 102 Å². The molecule has 272 valence electrons. The van der Waals surface area contributed by atoms with Gasteiger partial charge in [-0.15, -0.1) is 0 Å². The van der Waals surface area contributed by atoms with Gasteiger partial charge in [-0.05, 0) is 47.9 Å². The maximum Gasteiger partial charge on any atom is 0.408 e. The van der Waals surface area contributed by atoms with Gasteiger partial charge in [-0.25, -0.2) is 4.79 Å². The van der Waals surface area contributed by atoms with Crippen LogP contribution in [0.25, 0.3) is 10.9 Å². The molecule has 4 amide bonds. The molecule has 3 aromatic rings. The Morgan fingerprint density at radius 1 is 0.860 bits per heavy atom. The van der Waals surface area contributed by atoms with Crippen LogP contribution < -0.4 is 21.3 Å². The number of alkyl carbamates (subject to hydrolysis) is 1. The van der Waals surface area contributed by atoms with Crippen LogP contribution in [0.5, 0.6) is 0 Å². The fraction of sp³-hybridized carbons (Fsp3) is 0.513. The van der Waals surface area contributed by atoms with Crippen LogP contribution in [0.1, 0.15) is 84.3 Å². The highest BCUT2D eigenvalue weighted by Gasteiger charge is 2.31. The van der Waals surface area contributed by atoms with E-state index in [4.69, 9.17) is 4.74 Å². The highest BCUT2D eigenvalue weighted by molar-refractivity contribution is 5.92. The van der Waals surface area contributed by atoms with E-state index in [9.17, 15) is 24.3 Å². The summed E-state index contributed by atoms with van der Waals surface area (Å²) in [5, 5.41) is 23.3. The topological polar surface area (TPSA) is 159 Å². The molecule has 0 bridgehead atoms. The number of aliphatic hydroxyl groups excluding tert-OH is 1. The highest BCUT2D eigenvalue weighted by atomic mass is 16.5. The van der Waals surface area contributed by atoms with Gasteiger partial charge in [-0.2, -0.15) is 0 Å². The quantitative estimate of drug-likeness (QED) is 0.109. The Balaban J connectivity index is 1.79. The van der Waals surface area contributed by atoms with Crippen LogP contribution in [0.15, 0.2) is 66.9 Å². The first kappa shape index (κ1) is 39.9. The Labute approximate surface area is 296 Å². The molecule has 0 aliphatic heterocycles. The molecule has 0 aliphatic carbocycles. The number of hydrogen-bond donors (Lipinski definition) is 5. The standard InChI is InChI=1S/C39H55N5O6/c1-6-8-18-32(37(47)43-33(21-26(3)4)35(45)23-36(46)41-24-27(5)7-2)42-38(48)34(44-39(49)50-25-28-14-10-9-11-15-28)22-29-16-12-19-31-30(29)17-13-20-40-31/h9-17,19-20,26-27,32-35,45H,6-8,18,21-25H2,1-5H3,(H,41,46)(H,42,48)(H,43,47)(H,44,49)/t27?,32-,33?,34-,35?/m0/s1. The normalized spacial score (nSPS) is 14.2. The average Bonchev–Trinajstić information content (AvgIpc) is 3.11. The van der Waals surface area contributed by atoms with Crippen LogP contribution >= 0.6 is 0 Å². The zero-order valence-electron chi connectivity index (χ0n) is 30.1. The number of hydrogen-bond acceptors (Lipinski definition) is 7. The van der Waals surface area contributed by atoms with Crippen molar-refractivity contribution in [3.8, 4) is 0 Å². The average molecular weight is 690 g/mol. The Hall–Kier alpha value is -4.51. The van der Waals surface area contributed by atoms with Crippen molar-refractivity contribution in [3.63, 3.8) is 0 Å². The molecule has 0 radical (unpaired) electrons. The predicted octanol–water partition coefficient (Wildman–Crippen LogP) is 5.19. The van der Waals surface area contributed by atoms with E-state index in [0.29, 0.717) is 31.7 Å². The number of aliphatic hydroxyl groups is 1. The van der Waals surface area contributed by atoms with Crippen molar-refractivity contribution >= 4 is 34.7 Å². The van der Waals surface area contributed by atoms with E-state index in [2.05, 4.69) is 26.3 Å². The van der Waals surface area contributed by atoms with Crippen molar-refractivity contribution < 1.29 is 29.0 Å². The number of benzene rings is 2. The number of aromatic nitrogens is 1. The minimum absolute atomic E-state index is 0.0238. The maximum atomic E-state index is 14.0. The van der Waals surface area contributed by atoms with E-state index in [-0.39, 0.29) is 31.3 Å². The molecule has 0 spiro atoms. The molecule has 2 aromatic carbocycles. The van der Waals surface area contributed by atoms with Gasteiger partial charge in [0.15, 0.2) is 0 Å². The number of carbonyl (C=O) groups excluding carboxylic acids is 4. The number of unbranched alkanes of at least 4 members (excludes halogenated alkanes) is 1. The number of nitrogens with zero attached hydrogens (tertiary/aromatic N) is 1. The third-order valence-electron chi connectivity index (χ3n) is 8.72. The monoisotopic (exact) mass is 689 g/mol. The van der Waals surface area contributed by atoms with Crippen molar-refractivity contribution in [3.05, 3.63) is 78.0 Å². The van der Waals surface area contributed by atoms with Gasteiger partial charge < -0.3 is 31.1 Å². The molecule has 50 heavy (non-hydrogen) atoms. The molecule has 3 rings (SSSR count). The summed E-state index contributed by atoms with van der Waals surface area (Å²) in [4.78, 5) is 57.8. The zero-order chi connectivity index (χ0) is 36.5. The Kier molecular flexibility index (Phi) is 16.7. The lowest BCUT2D eigenvalue weighted by Crippen LogP contribution is -2.57. The number of carbonyl (C=O) groups is 4. The summed E-state index contributed by atoms with van der Waals surface area (Å²) >= 11 is 0.